The Morgan fingerprint density at radius 3 is 2.38 bits per heavy atom. The summed E-state index contributed by atoms with van der Waals surface area (Å²) in [5.41, 5.74) is 0. The van der Waals surface area contributed by atoms with Gasteiger partial charge in [-0.05, 0) is 19.3 Å². The number of allylic oxidation sites excluding steroid dienone is 2. The molecule has 0 bridgehead atoms. The van der Waals surface area contributed by atoms with E-state index < -0.39 is 24.6 Å². The van der Waals surface area contributed by atoms with Crippen molar-refractivity contribution in [3.05, 3.63) is 12.2 Å². The first-order valence-corrected chi connectivity index (χ1v) is 8.00. The monoisotopic (exact) mass is 302 g/mol. The van der Waals surface area contributed by atoms with Crippen molar-refractivity contribution in [2.24, 2.45) is 5.92 Å². The summed E-state index contributed by atoms with van der Waals surface area (Å²) in [6.45, 7) is 4.18. The normalized spacial score (nSPS) is 33.7. The number of aliphatic hydroxyl groups excluding tert-OH is 3. The lowest BCUT2D eigenvalue weighted by atomic mass is 9.91. The van der Waals surface area contributed by atoms with Gasteiger partial charge in [0.25, 0.3) is 0 Å². The molecule has 0 radical (unpaired) electrons. The van der Waals surface area contributed by atoms with Gasteiger partial charge in [-0.3, -0.25) is 0 Å². The Morgan fingerprint density at radius 2 is 1.76 bits per heavy atom. The first-order valence-electron chi connectivity index (χ1n) is 8.00. The summed E-state index contributed by atoms with van der Waals surface area (Å²) in [4.78, 5) is 0. The highest BCUT2D eigenvalue weighted by Gasteiger charge is 2.42. The first-order chi connectivity index (χ1) is 10.1. The van der Waals surface area contributed by atoms with Gasteiger partial charge in [-0.15, -0.1) is 0 Å². The zero-order chi connectivity index (χ0) is 15.7. The van der Waals surface area contributed by atoms with Crippen molar-refractivity contribution < 1.29 is 24.8 Å². The quantitative estimate of drug-likeness (QED) is 0.445. The fourth-order valence-corrected chi connectivity index (χ4v) is 2.37. The molecule has 21 heavy (non-hydrogen) atoms. The van der Waals surface area contributed by atoms with Gasteiger partial charge in [0.15, 0.2) is 6.29 Å². The fourth-order valence-electron chi connectivity index (χ4n) is 2.37. The number of hydrogen-bond donors (Lipinski definition) is 3. The molecule has 124 valence electrons. The van der Waals surface area contributed by atoms with Gasteiger partial charge in [0.05, 0.1) is 25.4 Å². The molecule has 0 unspecified atom stereocenters. The lowest BCUT2D eigenvalue weighted by Crippen LogP contribution is -2.55. The van der Waals surface area contributed by atoms with Crippen molar-refractivity contribution in [1.82, 2.24) is 0 Å². The molecule has 5 nitrogen and oxygen atoms in total. The second-order valence-electron chi connectivity index (χ2n) is 5.69. The molecule has 1 aliphatic rings. The Bertz CT molecular complexity index is 292. The summed E-state index contributed by atoms with van der Waals surface area (Å²) >= 11 is 0. The zero-order valence-corrected chi connectivity index (χ0v) is 13.1. The molecule has 0 spiro atoms. The van der Waals surface area contributed by atoms with Crippen molar-refractivity contribution in [2.75, 3.05) is 13.2 Å². The van der Waals surface area contributed by atoms with Crippen LogP contribution in [-0.2, 0) is 9.47 Å². The van der Waals surface area contributed by atoms with Crippen LogP contribution in [0.15, 0.2) is 12.2 Å². The van der Waals surface area contributed by atoms with E-state index in [1.807, 2.05) is 0 Å². The van der Waals surface area contributed by atoms with Crippen LogP contribution in [0.3, 0.4) is 0 Å². The SMILES string of the molecule is CCCC/C=C/CCCO[C@@H]1O[C@H](CO)[C@@H](C)[C@H](O)[C@H]1O. The van der Waals surface area contributed by atoms with Gasteiger partial charge in [-0.2, -0.15) is 0 Å². The van der Waals surface area contributed by atoms with Crippen LogP contribution in [-0.4, -0.2) is 53.1 Å². The van der Waals surface area contributed by atoms with Crippen LogP contribution in [0.5, 0.6) is 0 Å². The molecule has 1 aliphatic heterocycles. The van der Waals surface area contributed by atoms with E-state index >= 15 is 0 Å². The van der Waals surface area contributed by atoms with Crippen molar-refractivity contribution in [1.29, 1.82) is 0 Å². The summed E-state index contributed by atoms with van der Waals surface area (Å²) in [7, 11) is 0. The average Bonchev–Trinajstić information content (AvgIpc) is 2.49. The molecule has 1 fully saturated rings. The van der Waals surface area contributed by atoms with Crippen LogP contribution in [0.1, 0.15) is 46.0 Å². The maximum Gasteiger partial charge on any atom is 0.186 e. The molecule has 1 heterocycles. The van der Waals surface area contributed by atoms with Gasteiger partial charge >= 0.3 is 0 Å². The van der Waals surface area contributed by atoms with Gasteiger partial charge < -0.3 is 24.8 Å². The predicted molar refractivity (Wildman–Crippen MR) is 80.8 cm³/mol. The molecule has 5 heteroatoms. The Balaban J connectivity index is 2.23. The fraction of sp³-hybridized carbons (Fsp3) is 0.875. The number of rotatable bonds is 9. The van der Waals surface area contributed by atoms with Crippen LogP contribution in [0.25, 0.3) is 0 Å². The molecule has 0 amide bonds. The Labute approximate surface area is 127 Å². The summed E-state index contributed by atoms with van der Waals surface area (Å²) in [6.07, 6.45) is 6.26. The molecule has 0 aromatic rings. The minimum atomic E-state index is -1.07. The molecule has 0 aliphatic carbocycles. The van der Waals surface area contributed by atoms with Gasteiger partial charge in [-0.1, -0.05) is 38.8 Å². The minimum Gasteiger partial charge on any atom is -0.394 e. The first kappa shape index (κ1) is 18.6. The summed E-state index contributed by atoms with van der Waals surface area (Å²) < 4.78 is 11.0. The number of aliphatic hydroxyl groups is 3. The molecule has 1 saturated heterocycles. The zero-order valence-electron chi connectivity index (χ0n) is 13.1. The summed E-state index contributed by atoms with van der Waals surface area (Å²) in [5, 5.41) is 29.0. The van der Waals surface area contributed by atoms with Gasteiger partial charge in [0, 0.05) is 5.92 Å². The molecule has 1 rings (SSSR count). The minimum absolute atomic E-state index is 0.190. The smallest absolute Gasteiger partial charge is 0.186 e. The van der Waals surface area contributed by atoms with E-state index in [0.717, 1.165) is 19.3 Å². The van der Waals surface area contributed by atoms with E-state index in [1.165, 1.54) is 12.8 Å². The van der Waals surface area contributed by atoms with Crippen molar-refractivity contribution in [3.63, 3.8) is 0 Å². The summed E-state index contributed by atoms with van der Waals surface area (Å²) in [6, 6.07) is 0. The third-order valence-corrected chi connectivity index (χ3v) is 3.93. The molecule has 5 atom stereocenters. The highest BCUT2D eigenvalue weighted by molar-refractivity contribution is 4.86. The lowest BCUT2D eigenvalue weighted by Gasteiger charge is -2.40. The van der Waals surface area contributed by atoms with Crippen LogP contribution in [0.4, 0.5) is 0 Å². The largest absolute Gasteiger partial charge is 0.394 e. The van der Waals surface area contributed by atoms with E-state index in [2.05, 4.69) is 19.1 Å². The Kier molecular flexibility index (Phi) is 9.11. The van der Waals surface area contributed by atoms with E-state index in [0.29, 0.717) is 6.61 Å². The highest BCUT2D eigenvalue weighted by atomic mass is 16.7. The van der Waals surface area contributed by atoms with Crippen molar-refractivity contribution >= 4 is 0 Å². The molecular formula is C16H30O5. The third-order valence-electron chi connectivity index (χ3n) is 3.93. The Morgan fingerprint density at radius 1 is 1.10 bits per heavy atom. The molecular weight excluding hydrogens is 272 g/mol. The maximum absolute atomic E-state index is 9.93. The van der Waals surface area contributed by atoms with Crippen molar-refractivity contribution in [3.8, 4) is 0 Å². The maximum atomic E-state index is 9.93. The standard InChI is InChI=1S/C16H30O5/c1-3-4-5-6-7-8-9-10-20-16-15(19)14(18)12(2)13(11-17)21-16/h6-7,12-19H,3-5,8-11H2,1-2H3/b7-6+/t12-,13-,14+,15-,16-/m1/s1. The average molecular weight is 302 g/mol. The van der Waals surface area contributed by atoms with Gasteiger partial charge in [0.1, 0.15) is 6.10 Å². The topological polar surface area (TPSA) is 79.2 Å². The van der Waals surface area contributed by atoms with Crippen LogP contribution in [0, 0.1) is 5.92 Å². The third kappa shape index (κ3) is 6.04. The lowest BCUT2D eigenvalue weighted by molar-refractivity contribution is -0.288. The van der Waals surface area contributed by atoms with E-state index in [1.54, 1.807) is 6.92 Å². The van der Waals surface area contributed by atoms with E-state index in [9.17, 15) is 15.3 Å². The van der Waals surface area contributed by atoms with E-state index in [-0.39, 0.29) is 12.5 Å². The predicted octanol–water partition coefficient (Wildman–Crippen LogP) is 1.60. The molecule has 0 saturated carbocycles. The Hall–Kier alpha value is -0.460. The highest BCUT2D eigenvalue weighted by Crippen LogP contribution is 2.26. The van der Waals surface area contributed by atoms with Gasteiger partial charge in [0.2, 0.25) is 0 Å². The number of ether oxygens (including phenoxy) is 2. The molecule has 0 aromatic carbocycles. The van der Waals surface area contributed by atoms with Crippen molar-refractivity contribution in [2.45, 2.75) is 70.6 Å². The second kappa shape index (κ2) is 10.3. The van der Waals surface area contributed by atoms with Gasteiger partial charge in [-0.25, -0.2) is 0 Å². The number of hydrogen-bond acceptors (Lipinski definition) is 5. The van der Waals surface area contributed by atoms with Crippen LogP contribution in [0.2, 0.25) is 0 Å². The molecule has 0 aromatic heterocycles. The second-order valence-corrected chi connectivity index (χ2v) is 5.69. The summed E-state index contributed by atoms with van der Waals surface area (Å²) in [5.74, 6) is -0.314. The van der Waals surface area contributed by atoms with E-state index in [4.69, 9.17) is 9.47 Å². The van der Waals surface area contributed by atoms with Crippen LogP contribution >= 0.6 is 0 Å². The van der Waals surface area contributed by atoms with Crippen LogP contribution < -0.4 is 0 Å². The number of unbranched alkanes of at least 4 members (excludes halogenated alkanes) is 3. The molecule has 3 N–H and O–H groups in total.